The lowest BCUT2D eigenvalue weighted by Gasteiger charge is -2.39. The van der Waals surface area contributed by atoms with E-state index in [-0.39, 0.29) is 30.1 Å². The third-order valence-electron chi connectivity index (χ3n) is 7.07. The Kier molecular flexibility index (Phi) is 8.07. The van der Waals surface area contributed by atoms with E-state index in [0.717, 1.165) is 51.9 Å². The van der Waals surface area contributed by atoms with E-state index in [4.69, 9.17) is 4.74 Å². The molecular weight excluding hydrogens is 424 g/mol. The summed E-state index contributed by atoms with van der Waals surface area (Å²) in [6.07, 6.45) is 3.98. The Hall–Kier alpha value is -1.64. The first kappa shape index (κ1) is 23.5. The normalized spacial score (nSPS) is 26.3. The number of urea groups is 1. The number of hydrogen-bond donors (Lipinski definition) is 1. The fraction of sp³-hybridized carbons (Fsp3) is 0.750. The van der Waals surface area contributed by atoms with Gasteiger partial charge in [-0.05, 0) is 70.0 Å². The Balaban J connectivity index is 1.13. The molecule has 0 radical (unpaired) electrons. The minimum atomic E-state index is 0.0317. The summed E-state index contributed by atoms with van der Waals surface area (Å²) in [5, 5.41) is 5.30. The van der Waals surface area contributed by atoms with E-state index in [0.29, 0.717) is 32.1 Å². The average Bonchev–Trinajstić information content (AvgIpc) is 3.30. The molecular formula is C24H38N4O3S. The zero-order valence-corrected chi connectivity index (χ0v) is 20.3. The van der Waals surface area contributed by atoms with Crippen molar-refractivity contribution in [3.63, 3.8) is 0 Å². The van der Waals surface area contributed by atoms with Gasteiger partial charge in [0.05, 0.1) is 12.2 Å². The van der Waals surface area contributed by atoms with Gasteiger partial charge in [-0.25, -0.2) is 4.79 Å². The highest BCUT2D eigenvalue weighted by Gasteiger charge is 2.33. The molecule has 0 aromatic carbocycles. The van der Waals surface area contributed by atoms with Crippen LogP contribution in [0.1, 0.15) is 44.4 Å². The van der Waals surface area contributed by atoms with Gasteiger partial charge in [0.15, 0.2) is 0 Å². The molecule has 0 aliphatic carbocycles. The van der Waals surface area contributed by atoms with Gasteiger partial charge in [0.1, 0.15) is 0 Å². The van der Waals surface area contributed by atoms with Crippen LogP contribution in [0, 0.1) is 11.8 Å². The molecule has 1 aromatic rings. The number of nitrogens with one attached hydrogen (secondary N) is 1. The van der Waals surface area contributed by atoms with Crippen LogP contribution in [0.2, 0.25) is 0 Å². The third-order valence-corrected chi connectivity index (χ3v) is 7.93. The van der Waals surface area contributed by atoms with Crippen LogP contribution in [-0.2, 0) is 16.1 Å². The van der Waals surface area contributed by atoms with Crippen LogP contribution in [0.3, 0.4) is 0 Å². The molecule has 3 aliphatic heterocycles. The van der Waals surface area contributed by atoms with Crippen molar-refractivity contribution < 1.29 is 14.3 Å². The van der Waals surface area contributed by atoms with E-state index in [1.165, 1.54) is 4.88 Å². The van der Waals surface area contributed by atoms with E-state index < -0.39 is 0 Å². The van der Waals surface area contributed by atoms with Crippen LogP contribution in [0.4, 0.5) is 4.79 Å². The van der Waals surface area contributed by atoms with Crippen LogP contribution >= 0.6 is 11.3 Å². The third kappa shape index (κ3) is 6.23. The first-order chi connectivity index (χ1) is 15.5. The second-order valence-corrected chi connectivity index (χ2v) is 10.8. The SMILES string of the molecule is CC1CN(C(=O)C2CCN(C(=O)NCC3CCN(Cc4cccs4)CC3)CC2)CC(C)O1. The molecule has 7 nitrogen and oxygen atoms in total. The smallest absolute Gasteiger partial charge is 0.317 e. The predicted octanol–water partition coefficient (Wildman–Crippen LogP) is 3.02. The fourth-order valence-corrected chi connectivity index (χ4v) is 6.01. The number of ether oxygens (including phenoxy) is 1. The minimum Gasteiger partial charge on any atom is -0.372 e. The van der Waals surface area contributed by atoms with Crippen molar-refractivity contribution >= 4 is 23.3 Å². The van der Waals surface area contributed by atoms with Crippen molar-refractivity contribution in [2.75, 3.05) is 45.8 Å². The van der Waals surface area contributed by atoms with Gasteiger partial charge in [-0.1, -0.05) is 6.07 Å². The van der Waals surface area contributed by atoms with Gasteiger partial charge >= 0.3 is 6.03 Å². The molecule has 3 amide bonds. The Morgan fingerprint density at radius 2 is 1.72 bits per heavy atom. The maximum atomic E-state index is 12.9. The highest BCUT2D eigenvalue weighted by atomic mass is 32.1. The molecule has 0 bridgehead atoms. The van der Waals surface area contributed by atoms with Gasteiger partial charge in [0.2, 0.25) is 5.91 Å². The first-order valence-corrected chi connectivity index (χ1v) is 13.1. The summed E-state index contributed by atoms with van der Waals surface area (Å²) in [4.78, 5) is 33.4. The maximum absolute atomic E-state index is 12.9. The number of thiophene rings is 1. The van der Waals surface area contributed by atoms with E-state index in [1.54, 1.807) is 0 Å². The number of carbonyl (C=O) groups excluding carboxylic acids is 2. The monoisotopic (exact) mass is 462 g/mol. The van der Waals surface area contributed by atoms with Gasteiger partial charge in [-0.15, -0.1) is 11.3 Å². The molecule has 1 aromatic heterocycles. The van der Waals surface area contributed by atoms with Crippen LogP contribution in [-0.4, -0.2) is 84.7 Å². The Labute approximate surface area is 196 Å². The number of morpholine rings is 1. The predicted molar refractivity (Wildman–Crippen MR) is 127 cm³/mol. The molecule has 32 heavy (non-hydrogen) atoms. The van der Waals surface area contributed by atoms with Crippen molar-refractivity contribution in [1.82, 2.24) is 20.0 Å². The molecule has 2 unspecified atom stereocenters. The van der Waals surface area contributed by atoms with E-state index in [9.17, 15) is 9.59 Å². The standard InChI is InChI=1S/C24H38N4O3S/c1-18-15-28(16-19(2)31-18)23(29)21-7-11-27(12-8-21)24(30)25-14-20-5-9-26(10-6-20)17-22-4-3-13-32-22/h3-4,13,18-21H,5-12,14-17H2,1-2H3,(H,25,30). The lowest BCUT2D eigenvalue weighted by atomic mass is 9.94. The summed E-state index contributed by atoms with van der Waals surface area (Å²) < 4.78 is 5.75. The Morgan fingerprint density at radius 1 is 1.03 bits per heavy atom. The molecule has 0 spiro atoms. The largest absolute Gasteiger partial charge is 0.372 e. The van der Waals surface area contributed by atoms with Crippen molar-refractivity contribution in [2.45, 2.75) is 58.3 Å². The van der Waals surface area contributed by atoms with Gasteiger partial charge in [-0.3, -0.25) is 9.69 Å². The highest BCUT2D eigenvalue weighted by molar-refractivity contribution is 7.09. The molecule has 2 atom stereocenters. The topological polar surface area (TPSA) is 65.1 Å². The minimum absolute atomic E-state index is 0.0317. The molecule has 8 heteroatoms. The Morgan fingerprint density at radius 3 is 2.34 bits per heavy atom. The average molecular weight is 463 g/mol. The zero-order valence-electron chi connectivity index (χ0n) is 19.5. The fourth-order valence-electron chi connectivity index (χ4n) is 5.26. The van der Waals surface area contributed by atoms with E-state index >= 15 is 0 Å². The van der Waals surface area contributed by atoms with Gasteiger partial charge in [0, 0.05) is 50.1 Å². The van der Waals surface area contributed by atoms with Crippen LogP contribution in [0.25, 0.3) is 0 Å². The number of carbonyl (C=O) groups is 2. The summed E-state index contributed by atoms with van der Waals surface area (Å²) in [5.41, 5.74) is 0. The maximum Gasteiger partial charge on any atom is 0.317 e. The molecule has 1 N–H and O–H groups in total. The van der Waals surface area contributed by atoms with Gasteiger partial charge in [0.25, 0.3) is 0 Å². The second kappa shape index (κ2) is 11.0. The van der Waals surface area contributed by atoms with Gasteiger partial charge < -0.3 is 19.9 Å². The molecule has 3 saturated heterocycles. The molecule has 4 rings (SSSR count). The second-order valence-electron chi connectivity index (χ2n) is 9.75. The summed E-state index contributed by atoms with van der Waals surface area (Å²) in [6, 6.07) is 4.35. The number of nitrogens with zero attached hydrogens (tertiary/aromatic N) is 3. The summed E-state index contributed by atoms with van der Waals surface area (Å²) in [7, 11) is 0. The highest BCUT2D eigenvalue weighted by Crippen LogP contribution is 2.23. The van der Waals surface area contributed by atoms with Gasteiger partial charge in [-0.2, -0.15) is 0 Å². The molecule has 3 aliphatic rings. The molecule has 178 valence electrons. The summed E-state index contributed by atoms with van der Waals surface area (Å²) in [5.74, 6) is 0.827. The van der Waals surface area contributed by atoms with Crippen LogP contribution in [0.5, 0.6) is 0 Å². The zero-order chi connectivity index (χ0) is 22.5. The summed E-state index contributed by atoms with van der Waals surface area (Å²) >= 11 is 1.82. The lowest BCUT2D eigenvalue weighted by Crippen LogP contribution is -2.52. The van der Waals surface area contributed by atoms with Crippen molar-refractivity contribution in [3.8, 4) is 0 Å². The van der Waals surface area contributed by atoms with Crippen molar-refractivity contribution in [3.05, 3.63) is 22.4 Å². The number of piperidine rings is 2. The molecule has 0 saturated carbocycles. The van der Waals surface area contributed by atoms with Crippen molar-refractivity contribution in [2.24, 2.45) is 11.8 Å². The first-order valence-electron chi connectivity index (χ1n) is 12.2. The van der Waals surface area contributed by atoms with Crippen LogP contribution < -0.4 is 5.32 Å². The number of rotatable bonds is 5. The molecule has 4 heterocycles. The lowest BCUT2D eigenvalue weighted by molar-refractivity contribution is -0.148. The van der Waals surface area contributed by atoms with Crippen LogP contribution in [0.15, 0.2) is 17.5 Å². The quantitative estimate of drug-likeness (QED) is 0.731. The number of likely N-dealkylation sites (tertiary alicyclic amines) is 2. The number of amides is 3. The Bertz CT molecular complexity index is 732. The van der Waals surface area contributed by atoms with E-state index in [2.05, 4.69) is 27.7 Å². The number of hydrogen-bond acceptors (Lipinski definition) is 5. The molecule has 3 fully saturated rings. The van der Waals surface area contributed by atoms with E-state index in [1.807, 2.05) is 35.0 Å². The summed E-state index contributed by atoms with van der Waals surface area (Å²) in [6.45, 7) is 10.7. The van der Waals surface area contributed by atoms with Crippen molar-refractivity contribution in [1.29, 1.82) is 0 Å².